The Hall–Kier alpha value is -1.68. The molecule has 0 fully saturated rings. The van der Waals surface area contributed by atoms with E-state index in [1.54, 1.807) is 6.07 Å². The van der Waals surface area contributed by atoms with Gasteiger partial charge in [-0.25, -0.2) is 13.4 Å². The van der Waals surface area contributed by atoms with Crippen molar-refractivity contribution in [3.05, 3.63) is 24.1 Å². The predicted molar refractivity (Wildman–Crippen MR) is 51.8 cm³/mol. The molecule has 0 amide bonds. The summed E-state index contributed by atoms with van der Waals surface area (Å²) < 4.78 is 37.3. The van der Waals surface area contributed by atoms with Gasteiger partial charge in [0.15, 0.2) is 5.25 Å². The molecule has 1 heterocycles. The van der Waals surface area contributed by atoms with Crippen molar-refractivity contribution in [1.29, 1.82) is 5.26 Å². The number of sulfonamides is 1. The van der Waals surface area contributed by atoms with Crippen molar-refractivity contribution in [3.8, 4) is 6.07 Å². The Balaban J connectivity index is 2.93. The maximum Gasteiger partial charge on any atom is 0.250 e. The van der Waals surface area contributed by atoms with Crippen molar-refractivity contribution >= 4 is 15.8 Å². The minimum Gasteiger partial charge on any atom is -0.266 e. The fourth-order valence-electron chi connectivity index (χ4n) is 0.769. The first kappa shape index (κ1) is 11.4. The minimum absolute atomic E-state index is 0.142. The minimum atomic E-state index is -3.82. The van der Waals surface area contributed by atoms with E-state index in [2.05, 4.69) is 4.98 Å². The lowest BCUT2D eigenvalue weighted by molar-refractivity contribution is 0.584. The molecular weight excluding hydrogens is 221 g/mol. The average Bonchev–Trinajstić information content (AvgIpc) is 2.15. The van der Waals surface area contributed by atoms with Gasteiger partial charge in [-0.2, -0.15) is 9.65 Å². The largest absolute Gasteiger partial charge is 0.266 e. The van der Waals surface area contributed by atoms with Crippen LogP contribution in [0.2, 0.25) is 0 Å². The smallest absolute Gasteiger partial charge is 0.250 e. The molecule has 5 nitrogen and oxygen atoms in total. The van der Waals surface area contributed by atoms with Crippen molar-refractivity contribution in [3.63, 3.8) is 0 Å². The van der Waals surface area contributed by atoms with Crippen LogP contribution in [0.5, 0.6) is 0 Å². The number of aromatic nitrogens is 1. The summed E-state index contributed by atoms with van der Waals surface area (Å²) in [7, 11) is -3.82. The Labute approximate surface area is 86.6 Å². The van der Waals surface area contributed by atoms with E-state index in [1.165, 1.54) is 19.1 Å². The van der Waals surface area contributed by atoms with E-state index < -0.39 is 21.2 Å². The highest BCUT2D eigenvalue weighted by atomic mass is 32.2. The SMILES string of the molecule is CC(C#N)S(=O)(=O)Nc1cccc(F)n1. The molecule has 1 atom stereocenters. The molecule has 0 aromatic carbocycles. The molecule has 1 aromatic rings. The van der Waals surface area contributed by atoms with Crippen LogP contribution in [0, 0.1) is 17.3 Å². The van der Waals surface area contributed by atoms with Crippen molar-refractivity contribution in [1.82, 2.24) is 4.98 Å². The van der Waals surface area contributed by atoms with Crippen LogP contribution in [0.4, 0.5) is 10.2 Å². The first-order valence-corrected chi connectivity index (χ1v) is 5.54. The lowest BCUT2D eigenvalue weighted by atomic mass is 10.5. The summed E-state index contributed by atoms with van der Waals surface area (Å²) in [5.74, 6) is -0.933. The van der Waals surface area contributed by atoms with Gasteiger partial charge in [0, 0.05) is 0 Å². The molecule has 1 rings (SSSR count). The van der Waals surface area contributed by atoms with Gasteiger partial charge in [-0.15, -0.1) is 0 Å². The van der Waals surface area contributed by atoms with Crippen LogP contribution in [-0.2, 0) is 10.0 Å². The summed E-state index contributed by atoms with van der Waals surface area (Å²) in [4.78, 5) is 3.31. The van der Waals surface area contributed by atoms with Crippen LogP contribution in [0.25, 0.3) is 0 Å². The Morgan fingerprint density at radius 3 is 2.80 bits per heavy atom. The van der Waals surface area contributed by atoms with Crippen molar-refractivity contribution < 1.29 is 12.8 Å². The normalized spacial score (nSPS) is 12.9. The molecule has 1 aromatic heterocycles. The van der Waals surface area contributed by atoms with Crippen LogP contribution in [-0.4, -0.2) is 18.7 Å². The van der Waals surface area contributed by atoms with E-state index in [4.69, 9.17) is 5.26 Å². The highest BCUT2D eigenvalue weighted by molar-refractivity contribution is 7.93. The molecule has 80 valence electrons. The lowest BCUT2D eigenvalue weighted by Gasteiger charge is -2.07. The fraction of sp³-hybridized carbons (Fsp3) is 0.250. The van der Waals surface area contributed by atoms with Gasteiger partial charge in [-0.3, -0.25) is 4.72 Å². The zero-order valence-electron chi connectivity index (χ0n) is 7.81. The molecule has 0 spiro atoms. The number of halogens is 1. The third-order valence-corrected chi connectivity index (χ3v) is 3.14. The molecule has 1 N–H and O–H groups in total. The van der Waals surface area contributed by atoms with Gasteiger partial charge in [0.1, 0.15) is 5.82 Å². The van der Waals surface area contributed by atoms with E-state index in [9.17, 15) is 12.8 Å². The number of rotatable bonds is 3. The second-order valence-corrected chi connectivity index (χ2v) is 4.77. The second kappa shape index (κ2) is 4.23. The first-order chi connectivity index (χ1) is 6.95. The van der Waals surface area contributed by atoms with E-state index in [0.29, 0.717) is 0 Å². The molecule has 0 bridgehead atoms. The first-order valence-electron chi connectivity index (χ1n) is 3.99. The zero-order valence-corrected chi connectivity index (χ0v) is 8.62. The van der Waals surface area contributed by atoms with Crippen LogP contribution in [0.15, 0.2) is 18.2 Å². The second-order valence-electron chi connectivity index (χ2n) is 2.76. The van der Waals surface area contributed by atoms with Gasteiger partial charge in [-0.1, -0.05) is 6.07 Å². The maximum absolute atomic E-state index is 12.6. The monoisotopic (exact) mass is 229 g/mol. The molecule has 0 aliphatic carbocycles. The quantitative estimate of drug-likeness (QED) is 0.780. The predicted octanol–water partition coefficient (Wildman–Crippen LogP) is 0.874. The molecule has 0 saturated carbocycles. The van der Waals surface area contributed by atoms with Gasteiger partial charge < -0.3 is 0 Å². The van der Waals surface area contributed by atoms with E-state index >= 15 is 0 Å². The van der Waals surface area contributed by atoms with Crippen molar-refractivity contribution in [2.45, 2.75) is 12.2 Å². The number of hydrogen-bond acceptors (Lipinski definition) is 4. The molecule has 0 aliphatic rings. The van der Waals surface area contributed by atoms with E-state index in [-0.39, 0.29) is 5.82 Å². The zero-order chi connectivity index (χ0) is 11.5. The summed E-state index contributed by atoms with van der Waals surface area (Å²) in [6, 6.07) is 5.27. The highest BCUT2D eigenvalue weighted by Crippen LogP contribution is 2.08. The Bertz CT molecular complexity index is 495. The van der Waals surface area contributed by atoms with E-state index in [0.717, 1.165) is 6.07 Å². The lowest BCUT2D eigenvalue weighted by Crippen LogP contribution is -2.24. The average molecular weight is 229 g/mol. The third kappa shape index (κ3) is 2.89. The molecule has 15 heavy (non-hydrogen) atoms. The molecule has 0 saturated heterocycles. The van der Waals surface area contributed by atoms with Gasteiger partial charge in [0.25, 0.3) is 0 Å². The van der Waals surface area contributed by atoms with Gasteiger partial charge in [0.2, 0.25) is 16.0 Å². The van der Waals surface area contributed by atoms with E-state index in [1.807, 2.05) is 4.72 Å². The maximum atomic E-state index is 12.6. The van der Waals surface area contributed by atoms with Gasteiger partial charge in [0.05, 0.1) is 6.07 Å². The standard InChI is InChI=1S/C8H8FN3O2S/c1-6(5-10)15(13,14)12-8-4-2-3-7(9)11-8/h2-4,6H,1H3,(H,11,12). The number of nitrogens with zero attached hydrogens (tertiary/aromatic N) is 2. The van der Waals surface area contributed by atoms with Gasteiger partial charge >= 0.3 is 0 Å². The van der Waals surface area contributed by atoms with Gasteiger partial charge in [-0.05, 0) is 19.1 Å². The number of nitriles is 1. The Morgan fingerprint density at radius 2 is 2.27 bits per heavy atom. The third-order valence-electron chi connectivity index (χ3n) is 1.61. The van der Waals surface area contributed by atoms with Crippen molar-refractivity contribution in [2.75, 3.05) is 4.72 Å². The van der Waals surface area contributed by atoms with Crippen LogP contribution in [0.1, 0.15) is 6.92 Å². The molecule has 7 heteroatoms. The number of nitrogens with one attached hydrogen (secondary N) is 1. The van der Waals surface area contributed by atoms with Crippen LogP contribution >= 0.6 is 0 Å². The summed E-state index contributed by atoms with van der Waals surface area (Å²) in [6.45, 7) is 1.22. The molecule has 1 unspecified atom stereocenters. The number of hydrogen-bond donors (Lipinski definition) is 1. The van der Waals surface area contributed by atoms with Crippen LogP contribution < -0.4 is 4.72 Å². The van der Waals surface area contributed by atoms with Crippen LogP contribution in [0.3, 0.4) is 0 Å². The number of pyridine rings is 1. The topological polar surface area (TPSA) is 82.8 Å². The summed E-state index contributed by atoms with van der Waals surface area (Å²) in [6.07, 6.45) is 0. The Morgan fingerprint density at radius 1 is 1.60 bits per heavy atom. The fourth-order valence-corrected chi connectivity index (χ4v) is 1.49. The summed E-state index contributed by atoms with van der Waals surface area (Å²) in [5.41, 5.74) is 0. The number of anilines is 1. The molecule has 0 radical (unpaired) electrons. The summed E-state index contributed by atoms with van der Waals surface area (Å²) in [5, 5.41) is 7.22. The highest BCUT2D eigenvalue weighted by Gasteiger charge is 2.20. The van der Waals surface area contributed by atoms with Crippen molar-refractivity contribution in [2.24, 2.45) is 0 Å². The molecule has 0 aliphatic heterocycles. The molecular formula is C8H8FN3O2S. The Kier molecular flexibility index (Phi) is 3.21. The summed E-state index contributed by atoms with van der Waals surface area (Å²) >= 11 is 0.